The summed E-state index contributed by atoms with van der Waals surface area (Å²) in [6, 6.07) is 0.186. The number of carboxylic acid groups (broad SMARTS) is 1. The van der Waals surface area contributed by atoms with Gasteiger partial charge in [-0.1, -0.05) is 0 Å². The second-order valence-electron chi connectivity index (χ2n) is 2.84. The van der Waals surface area contributed by atoms with Crippen molar-refractivity contribution in [3.8, 4) is 0 Å². The lowest BCUT2D eigenvalue weighted by atomic mass is 10.4. The van der Waals surface area contributed by atoms with Crippen LogP contribution in [0.15, 0.2) is 0 Å². The maximum Gasteiger partial charge on any atom is 0.404 e. The summed E-state index contributed by atoms with van der Waals surface area (Å²) in [5.41, 5.74) is 0. The zero-order chi connectivity index (χ0) is 7.14. The van der Waals surface area contributed by atoms with E-state index in [1.54, 1.807) is 0 Å². The molecule has 0 spiro atoms. The normalized spacial score (nSPS) is 42.6. The van der Waals surface area contributed by atoms with E-state index in [-0.39, 0.29) is 6.04 Å². The van der Waals surface area contributed by atoms with E-state index in [0.717, 1.165) is 13.2 Å². The van der Waals surface area contributed by atoms with E-state index in [1.165, 1.54) is 0 Å². The van der Waals surface area contributed by atoms with E-state index in [2.05, 4.69) is 5.32 Å². The van der Waals surface area contributed by atoms with Crippen LogP contribution in [-0.2, 0) is 4.74 Å². The Balaban J connectivity index is 1.84. The van der Waals surface area contributed by atoms with E-state index in [0.29, 0.717) is 11.8 Å². The first kappa shape index (κ1) is 5.97. The van der Waals surface area contributed by atoms with Gasteiger partial charge < -0.3 is 15.2 Å². The Hall–Kier alpha value is -0.770. The van der Waals surface area contributed by atoms with Gasteiger partial charge in [-0.15, -0.1) is 0 Å². The average Bonchev–Trinajstić information content (AvgIpc) is 2.40. The standard InChI is InChI=1S/C6H9NO3/c8-6(9)7-5-3-1-10-2-4(3)5/h3-5,7H,1-2H2,(H,8,9)/t3-,4+,5+. The average molecular weight is 143 g/mol. The zero-order valence-corrected chi connectivity index (χ0v) is 5.41. The van der Waals surface area contributed by atoms with Gasteiger partial charge >= 0.3 is 6.09 Å². The maximum atomic E-state index is 10.1. The minimum Gasteiger partial charge on any atom is -0.465 e. The van der Waals surface area contributed by atoms with Crippen LogP contribution < -0.4 is 5.32 Å². The summed E-state index contributed by atoms with van der Waals surface area (Å²) in [6.45, 7) is 1.46. The molecule has 2 aliphatic rings. The molecule has 1 saturated carbocycles. The van der Waals surface area contributed by atoms with Crippen molar-refractivity contribution in [2.75, 3.05) is 13.2 Å². The molecule has 2 N–H and O–H groups in total. The second kappa shape index (κ2) is 1.85. The topological polar surface area (TPSA) is 58.6 Å². The van der Waals surface area contributed by atoms with Crippen LogP contribution in [0.4, 0.5) is 4.79 Å². The summed E-state index contributed by atoms with van der Waals surface area (Å²) in [4.78, 5) is 10.1. The predicted octanol–water partition coefficient (Wildman–Crippen LogP) is -0.101. The van der Waals surface area contributed by atoms with Gasteiger partial charge in [0.2, 0.25) is 0 Å². The number of amides is 1. The van der Waals surface area contributed by atoms with E-state index in [9.17, 15) is 4.79 Å². The van der Waals surface area contributed by atoms with E-state index in [1.807, 2.05) is 0 Å². The van der Waals surface area contributed by atoms with Crippen LogP contribution in [0.3, 0.4) is 0 Å². The quantitative estimate of drug-likeness (QED) is 0.538. The lowest BCUT2D eigenvalue weighted by Crippen LogP contribution is -2.27. The molecule has 2 fully saturated rings. The summed E-state index contributed by atoms with van der Waals surface area (Å²) < 4.78 is 5.09. The number of hydrogen-bond acceptors (Lipinski definition) is 2. The highest BCUT2D eigenvalue weighted by Crippen LogP contribution is 2.43. The molecule has 10 heavy (non-hydrogen) atoms. The number of ether oxygens (including phenoxy) is 1. The smallest absolute Gasteiger partial charge is 0.404 e. The van der Waals surface area contributed by atoms with Gasteiger partial charge in [-0.05, 0) is 0 Å². The van der Waals surface area contributed by atoms with Gasteiger partial charge in [0, 0.05) is 17.9 Å². The first-order valence-electron chi connectivity index (χ1n) is 3.36. The van der Waals surface area contributed by atoms with Crippen LogP contribution >= 0.6 is 0 Å². The van der Waals surface area contributed by atoms with Crippen LogP contribution in [0.5, 0.6) is 0 Å². The van der Waals surface area contributed by atoms with Gasteiger partial charge in [-0.25, -0.2) is 4.79 Å². The number of hydrogen-bond donors (Lipinski definition) is 2. The van der Waals surface area contributed by atoms with Gasteiger partial charge in [-0.2, -0.15) is 0 Å². The highest BCUT2D eigenvalue weighted by molar-refractivity contribution is 5.65. The molecule has 56 valence electrons. The Bertz CT molecular complexity index is 160. The fourth-order valence-corrected chi connectivity index (χ4v) is 1.60. The SMILES string of the molecule is O=C(O)N[C@H]1[C@@H]2COC[C@@H]21. The molecular formula is C6H9NO3. The van der Waals surface area contributed by atoms with Crippen LogP contribution in [-0.4, -0.2) is 30.5 Å². The Morgan fingerprint density at radius 1 is 1.50 bits per heavy atom. The van der Waals surface area contributed by atoms with Gasteiger partial charge in [0.05, 0.1) is 13.2 Å². The zero-order valence-electron chi connectivity index (χ0n) is 5.41. The number of fused-ring (bicyclic) bond motifs is 1. The number of rotatable bonds is 1. The molecule has 1 amide bonds. The second-order valence-corrected chi connectivity index (χ2v) is 2.84. The van der Waals surface area contributed by atoms with Crippen molar-refractivity contribution in [2.45, 2.75) is 6.04 Å². The fourth-order valence-electron chi connectivity index (χ4n) is 1.60. The van der Waals surface area contributed by atoms with E-state index >= 15 is 0 Å². The third-order valence-corrected chi connectivity index (χ3v) is 2.24. The highest BCUT2D eigenvalue weighted by Gasteiger charge is 2.54. The van der Waals surface area contributed by atoms with Crippen molar-refractivity contribution in [3.05, 3.63) is 0 Å². The molecule has 2 rings (SSSR count). The molecule has 0 bridgehead atoms. The first-order valence-corrected chi connectivity index (χ1v) is 3.36. The van der Waals surface area contributed by atoms with Crippen molar-refractivity contribution >= 4 is 6.09 Å². The number of carbonyl (C=O) groups is 1. The maximum absolute atomic E-state index is 10.1. The first-order chi connectivity index (χ1) is 4.79. The molecule has 1 aliphatic heterocycles. The summed E-state index contributed by atoms with van der Waals surface area (Å²) in [6.07, 6.45) is -0.917. The minimum absolute atomic E-state index is 0.186. The molecule has 0 aromatic carbocycles. The van der Waals surface area contributed by atoms with E-state index in [4.69, 9.17) is 9.84 Å². The van der Waals surface area contributed by atoms with Crippen molar-refractivity contribution in [3.63, 3.8) is 0 Å². The van der Waals surface area contributed by atoms with E-state index < -0.39 is 6.09 Å². The molecule has 0 radical (unpaired) electrons. The van der Waals surface area contributed by atoms with Crippen molar-refractivity contribution < 1.29 is 14.6 Å². The Kier molecular flexibility index (Phi) is 1.11. The molecule has 1 aliphatic carbocycles. The summed E-state index contributed by atoms with van der Waals surface area (Å²) in [7, 11) is 0. The van der Waals surface area contributed by atoms with Gasteiger partial charge in [0.25, 0.3) is 0 Å². The molecule has 1 saturated heterocycles. The third-order valence-electron chi connectivity index (χ3n) is 2.24. The minimum atomic E-state index is -0.917. The predicted molar refractivity (Wildman–Crippen MR) is 32.7 cm³/mol. The lowest BCUT2D eigenvalue weighted by Gasteiger charge is -2.01. The van der Waals surface area contributed by atoms with Gasteiger partial charge in [0.1, 0.15) is 0 Å². The Morgan fingerprint density at radius 3 is 2.60 bits per heavy atom. The third kappa shape index (κ3) is 0.759. The van der Waals surface area contributed by atoms with Crippen LogP contribution in [0.25, 0.3) is 0 Å². The molecule has 0 aromatic heterocycles. The molecule has 0 aromatic rings. The summed E-state index contributed by atoms with van der Waals surface area (Å²) >= 11 is 0. The van der Waals surface area contributed by atoms with Crippen LogP contribution in [0.2, 0.25) is 0 Å². The summed E-state index contributed by atoms with van der Waals surface area (Å²) in [5.74, 6) is 0.937. The molecule has 4 heteroatoms. The van der Waals surface area contributed by atoms with Gasteiger partial charge in [0.15, 0.2) is 0 Å². The number of nitrogens with one attached hydrogen (secondary N) is 1. The monoisotopic (exact) mass is 143 g/mol. The largest absolute Gasteiger partial charge is 0.465 e. The summed E-state index contributed by atoms with van der Waals surface area (Å²) in [5, 5.41) is 10.8. The highest BCUT2D eigenvalue weighted by atomic mass is 16.5. The Labute approximate surface area is 58.2 Å². The van der Waals surface area contributed by atoms with Crippen molar-refractivity contribution in [2.24, 2.45) is 11.8 Å². The molecule has 4 nitrogen and oxygen atoms in total. The lowest BCUT2D eigenvalue weighted by molar-refractivity contribution is 0.151. The molecule has 3 atom stereocenters. The molecule has 1 heterocycles. The molecule has 0 unspecified atom stereocenters. The molecular weight excluding hydrogens is 134 g/mol. The van der Waals surface area contributed by atoms with Crippen LogP contribution in [0, 0.1) is 11.8 Å². The van der Waals surface area contributed by atoms with Crippen molar-refractivity contribution in [1.29, 1.82) is 0 Å². The van der Waals surface area contributed by atoms with Crippen molar-refractivity contribution in [1.82, 2.24) is 5.32 Å². The van der Waals surface area contributed by atoms with Crippen LogP contribution in [0.1, 0.15) is 0 Å². The fraction of sp³-hybridized carbons (Fsp3) is 0.833. The van der Waals surface area contributed by atoms with Gasteiger partial charge in [-0.3, -0.25) is 0 Å². The Morgan fingerprint density at radius 2 is 2.10 bits per heavy atom.